The van der Waals surface area contributed by atoms with Crippen molar-refractivity contribution in [1.29, 1.82) is 0 Å². The minimum Gasteiger partial charge on any atom is -0.381 e. The highest BCUT2D eigenvalue weighted by atomic mass is 35.5. The zero-order valence-corrected chi connectivity index (χ0v) is 12.4. The van der Waals surface area contributed by atoms with Gasteiger partial charge in [0.25, 0.3) is 0 Å². The Morgan fingerprint density at radius 2 is 2.00 bits per heavy atom. The third kappa shape index (κ3) is 3.32. The van der Waals surface area contributed by atoms with E-state index in [4.69, 9.17) is 23.2 Å². The summed E-state index contributed by atoms with van der Waals surface area (Å²) in [6.07, 6.45) is 0. The summed E-state index contributed by atoms with van der Waals surface area (Å²) in [5.41, 5.74) is 2.81. The van der Waals surface area contributed by atoms with Crippen molar-refractivity contribution in [2.45, 2.75) is 6.54 Å². The Bertz CT molecular complexity index is 743. The number of halogens is 2. The number of nitrogens with one attached hydrogen (secondary N) is 2. The molecule has 7 heteroatoms. The lowest BCUT2D eigenvalue weighted by molar-refractivity contribution is 0.881. The molecule has 3 rings (SSSR count). The highest BCUT2D eigenvalue weighted by Gasteiger charge is 2.05. The highest BCUT2D eigenvalue weighted by Crippen LogP contribution is 2.23. The molecule has 0 spiro atoms. The molecule has 106 valence electrons. The van der Waals surface area contributed by atoms with Gasteiger partial charge in [-0.05, 0) is 35.0 Å². The molecule has 2 N–H and O–H groups in total. The Kier molecular flexibility index (Phi) is 4.03. The predicted octanol–water partition coefficient (Wildman–Crippen LogP) is 3.79. The number of nitrogens with zero attached hydrogens (tertiary/aromatic N) is 3. The summed E-state index contributed by atoms with van der Waals surface area (Å²) in [5, 5.41) is 18.5. The molecule has 21 heavy (non-hydrogen) atoms. The van der Waals surface area contributed by atoms with Gasteiger partial charge < -0.3 is 5.32 Å². The van der Waals surface area contributed by atoms with Gasteiger partial charge in [-0.15, -0.1) is 10.2 Å². The molecular formula is C14H11Cl2N5. The van der Waals surface area contributed by atoms with E-state index in [2.05, 4.69) is 25.9 Å². The first-order valence-corrected chi connectivity index (χ1v) is 6.99. The van der Waals surface area contributed by atoms with Crippen molar-refractivity contribution in [3.63, 3.8) is 0 Å². The molecule has 0 aliphatic heterocycles. The van der Waals surface area contributed by atoms with Crippen molar-refractivity contribution in [2.75, 3.05) is 5.32 Å². The second-order valence-electron chi connectivity index (χ2n) is 4.41. The minimum atomic E-state index is 0.558. The first kappa shape index (κ1) is 13.9. The number of tetrazole rings is 1. The van der Waals surface area contributed by atoms with Crippen molar-refractivity contribution in [1.82, 2.24) is 20.6 Å². The highest BCUT2D eigenvalue weighted by molar-refractivity contribution is 6.35. The van der Waals surface area contributed by atoms with Gasteiger partial charge in [0.05, 0.1) is 0 Å². The lowest BCUT2D eigenvalue weighted by Gasteiger charge is -2.09. The number of hydrogen-bond donors (Lipinski definition) is 2. The number of anilines is 1. The number of hydrogen-bond acceptors (Lipinski definition) is 4. The zero-order valence-electron chi connectivity index (χ0n) is 10.8. The molecule has 0 fully saturated rings. The Morgan fingerprint density at radius 1 is 1.10 bits per heavy atom. The van der Waals surface area contributed by atoms with E-state index in [1.165, 1.54) is 0 Å². The average molecular weight is 320 g/mol. The third-order valence-electron chi connectivity index (χ3n) is 2.96. The van der Waals surface area contributed by atoms with Gasteiger partial charge in [0.2, 0.25) is 5.82 Å². The van der Waals surface area contributed by atoms with Crippen LogP contribution in [0.5, 0.6) is 0 Å². The van der Waals surface area contributed by atoms with Gasteiger partial charge in [-0.25, -0.2) is 0 Å². The van der Waals surface area contributed by atoms with Crippen LogP contribution in [0.4, 0.5) is 5.69 Å². The van der Waals surface area contributed by atoms with E-state index in [0.717, 1.165) is 16.8 Å². The van der Waals surface area contributed by atoms with E-state index >= 15 is 0 Å². The van der Waals surface area contributed by atoms with E-state index in [1.54, 1.807) is 6.07 Å². The average Bonchev–Trinajstić information content (AvgIpc) is 3.01. The maximum atomic E-state index is 6.15. The van der Waals surface area contributed by atoms with Crippen LogP contribution in [0.25, 0.3) is 11.4 Å². The van der Waals surface area contributed by atoms with Gasteiger partial charge in [-0.2, -0.15) is 5.21 Å². The summed E-state index contributed by atoms with van der Waals surface area (Å²) in [4.78, 5) is 0. The van der Waals surface area contributed by atoms with Crippen molar-refractivity contribution >= 4 is 28.9 Å². The van der Waals surface area contributed by atoms with Crippen molar-refractivity contribution in [3.8, 4) is 11.4 Å². The van der Waals surface area contributed by atoms with Gasteiger partial charge >= 0.3 is 0 Å². The quantitative estimate of drug-likeness (QED) is 0.767. The largest absolute Gasteiger partial charge is 0.381 e. The molecule has 0 aliphatic carbocycles. The normalized spacial score (nSPS) is 10.6. The lowest BCUT2D eigenvalue weighted by atomic mass is 10.1. The monoisotopic (exact) mass is 319 g/mol. The molecule has 0 aliphatic rings. The van der Waals surface area contributed by atoms with Crippen molar-refractivity contribution in [3.05, 3.63) is 58.1 Å². The molecular weight excluding hydrogens is 309 g/mol. The third-order valence-corrected chi connectivity index (χ3v) is 3.55. The minimum absolute atomic E-state index is 0.558. The first-order chi connectivity index (χ1) is 10.2. The van der Waals surface area contributed by atoms with Crippen molar-refractivity contribution < 1.29 is 0 Å². The maximum absolute atomic E-state index is 6.15. The van der Waals surface area contributed by atoms with Crippen LogP contribution < -0.4 is 5.32 Å². The fourth-order valence-corrected chi connectivity index (χ4v) is 2.39. The summed E-state index contributed by atoms with van der Waals surface area (Å²) >= 11 is 12.0. The number of rotatable bonds is 4. The number of aromatic amines is 1. The predicted molar refractivity (Wildman–Crippen MR) is 83.4 cm³/mol. The molecule has 1 heterocycles. The second-order valence-corrected chi connectivity index (χ2v) is 5.25. The van der Waals surface area contributed by atoms with E-state index in [0.29, 0.717) is 22.4 Å². The number of aromatic nitrogens is 4. The van der Waals surface area contributed by atoms with Crippen LogP contribution in [-0.4, -0.2) is 20.6 Å². The van der Waals surface area contributed by atoms with Gasteiger partial charge in [0.15, 0.2) is 0 Å². The summed E-state index contributed by atoms with van der Waals surface area (Å²) in [6.45, 7) is 0.603. The molecule has 3 aromatic rings. The Balaban J connectivity index is 1.75. The molecule has 5 nitrogen and oxygen atoms in total. The lowest BCUT2D eigenvalue weighted by Crippen LogP contribution is -2.00. The van der Waals surface area contributed by atoms with Gasteiger partial charge in [0, 0.05) is 27.8 Å². The van der Waals surface area contributed by atoms with Crippen LogP contribution in [-0.2, 0) is 6.54 Å². The van der Waals surface area contributed by atoms with E-state index in [1.807, 2.05) is 36.4 Å². The Morgan fingerprint density at radius 3 is 2.76 bits per heavy atom. The van der Waals surface area contributed by atoms with Crippen LogP contribution >= 0.6 is 23.2 Å². The molecule has 0 saturated carbocycles. The summed E-state index contributed by atoms with van der Waals surface area (Å²) in [7, 11) is 0. The number of H-pyrrole nitrogens is 1. The topological polar surface area (TPSA) is 66.5 Å². The fourth-order valence-electron chi connectivity index (χ4n) is 1.91. The van der Waals surface area contributed by atoms with E-state index < -0.39 is 0 Å². The first-order valence-electron chi connectivity index (χ1n) is 6.24. The van der Waals surface area contributed by atoms with Crippen LogP contribution in [0.3, 0.4) is 0 Å². The molecule has 1 aromatic heterocycles. The smallest absolute Gasteiger partial charge is 0.204 e. The van der Waals surface area contributed by atoms with Crippen molar-refractivity contribution in [2.24, 2.45) is 0 Å². The summed E-state index contributed by atoms with van der Waals surface area (Å²) in [6, 6.07) is 13.2. The van der Waals surface area contributed by atoms with Crippen LogP contribution in [0.1, 0.15) is 5.56 Å². The van der Waals surface area contributed by atoms with Crippen LogP contribution in [0, 0.1) is 0 Å². The Hall–Kier alpha value is -2.11. The molecule has 0 amide bonds. The van der Waals surface area contributed by atoms with Crippen LogP contribution in [0.2, 0.25) is 10.0 Å². The molecule has 0 atom stereocenters. The number of benzene rings is 2. The second kappa shape index (κ2) is 6.11. The van der Waals surface area contributed by atoms with E-state index in [9.17, 15) is 0 Å². The Labute approximate surface area is 131 Å². The fraction of sp³-hybridized carbons (Fsp3) is 0.0714. The summed E-state index contributed by atoms with van der Waals surface area (Å²) < 4.78 is 0. The molecule has 2 aromatic carbocycles. The molecule has 0 radical (unpaired) electrons. The molecule has 0 saturated heterocycles. The SMILES string of the molecule is Clc1ccc(CNc2cccc(-c3nn[nH]n3)c2)c(Cl)c1. The summed E-state index contributed by atoms with van der Waals surface area (Å²) in [5.74, 6) is 0.558. The maximum Gasteiger partial charge on any atom is 0.204 e. The van der Waals surface area contributed by atoms with E-state index in [-0.39, 0.29) is 0 Å². The van der Waals surface area contributed by atoms with Gasteiger partial charge in [-0.1, -0.05) is 41.4 Å². The van der Waals surface area contributed by atoms with Gasteiger partial charge in [-0.3, -0.25) is 0 Å². The van der Waals surface area contributed by atoms with Gasteiger partial charge in [0.1, 0.15) is 0 Å². The standard InChI is InChI=1S/C14H11Cl2N5/c15-11-5-4-10(13(16)7-11)8-17-12-3-1-2-9(6-12)14-18-20-21-19-14/h1-7,17H,8H2,(H,18,19,20,21). The van der Waals surface area contributed by atoms with Crippen LogP contribution in [0.15, 0.2) is 42.5 Å². The molecule has 0 bridgehead atoms. The zero-order chi connectivity index (χ0) is 14.7. The molecule has 0 unspecified atom stereocenters.